The number of ether oxygens (including phenoxy) is 2. The average molecular weight is 342 g/mol. The van der Waals surface area contributed by atoms with Crippen molar-refractivity contribution in [3.63, 3.8) is 0 Å². The number of hydrogen-bond donors (Lipinski definition) is 3. The Balaban J connectivity index is 2.08. The molecule has 0 aromatic carbocycles. The minimum Gasteiger partial charge on any atom is -0.379 e. The molecule has 0 bridgehead atoms. The van der Waals surface area contributed by atoms with E-state index in [1.165, 1.54) is 0 Å². The van der Waals surface area contributed by atoms with Crippen molar-refractivity contribution >= 4 is 11.9 Å². The first kappa shape index (κ1) is 20.7. The van der Waals surface area contributed by atoms with E-state index in [1.54, 1.807) is 0 Å². The summed E-state index contributed by atoms with van der Waals surface area (Å²) in [4.78, 5) is 16.0. The predicted molar refractivity (Wildman–Crippen MR) is 96.3 cm³/mol. The number of carbonyl (C=O) groups excluding carboxylic acids is 1. The van der Waals surface area contributed by atoms with Gasteiger partial charge in [0.1, 0.15) is 0 Å². The fraction of sp³-hybridized carbons (Fsp3) is 0.882. The summed E-state index contributed by atoms with van der Waals surface area (Å²) in [7, 11) is 0. The molecule has 1 atom stereocenters. The minimum absolute atomic E-state index is 0.0720. The molecular weight excluding hydrogens is 308 g/mol. The number of nitrogens with one attached hydrogen (secondary N) is 3. The van der Waals surface area contributed by atoms with Gasteiger partial charge in [0, 0.05) is 45.8 Å². The lowest BCUT2D eigenvalue weighted by atomic mass is 10.2. The maximum atomic E-state index is 11.5. The zero-order valence-corrected chi connectivity index (χ0v) is 15.2. The van der Waals surface area contributed by atoms with Crippen LogP contribution in [0.5, 0.6) is 0 Å². The summed E-state index contributed by atoms with van der Waals surface area (Å²) in [6, 6.07) is 0. The van der Waals surface area contributed by atoms with Crippen LogP contribution >= 0.6 is 0 Å². The molecule has 1 saturated heterocycles. The molecule has 1 heterocycles. The number of hydrogen-bond acceptors (Lipinski definition) is 4. The first-order valence-electron chi connectivity index (χ1n) is 9.24. The second kappa shape index (κ2) is 14.0. The average Bonchev–Trinajstić information content (AvgIpc) is 3.09. The Labute approximate surface area is 146 Å². The maximum absolute atomic E-state index is 11.5. The lowest BCUT2D eigenvalue weighted by Crippen LogP contribution is -2.39. The van der Waals surface area contributed by atoms with Crippen molar-refractivity contribution in [2.24, 2.45) is 4.99 Å². The van der Waals surface area contributed by atoms with Gasteiger partial charge in [0.2, 0.25) is 5.91 Å². The highest BCUT2D eigenvalue weighted by Gasteiger charge is 2.14. The van der Waals surface area contributed by atoms with Crippen LogP contribution in [0.15, 0.2) is 4.99 Å². The Morgan fingerprint density at radius 3 is 2.83 bits per heavy atom. The molecule has 0 aromatic heterocycles. The highest BCUT2D eigenvalue weighted by atomic mass is 16.5. The predicted octanol–water partition coefficient (Wildman–Crippen LogP) is 1.04. The quantitative estimate of drug-likeness (QED) is 0.280. The van der Waals surface area contributed by atoms with Crippen molar-refractivity contribution in [1.82, 2.24) is 16.0 Å². The molecule has 24 heavy (non-hydrogen) atoms. The van der Waals surface area contributed by atoms with Crippen LogP contribution in [0.2, 0.25) is 0 Å². The summed E-state index contributed by atoms with van der Waals surface area (Å²) in [5.74, 6) is 0.822. The van der Waals surface area contributed by atoms with E-state index < -0.39 is 0 Å². The molecule has 0 aliphatic carbocycles. The Morgan fingerprint density at radius 1 is 1.25 bits per heavy atom. The molecule has 7 heteroatoms. The van der Waals surface area contributed by atoms with Crippen molar-refractivity contribution in [3.05, 3.63) is 0 Å². The van der Waals surface area contributed by atoms with E-state index in [-0.39, 0.29) is 12.0 Å². The zero-order valence-electron chi connectivity index (χ0n) is 15.2. The summed E-state index contributed by atoms with van der Waals surface area (Å²) in [6.45, 7) is 9.13. The van der Waals surface area contributed by atoms with E-state index >= 15 is 0 Å². The smallest absolute Gasteiger partial charge is 0.221 e. The fourth-order valence-electron chi connectivity index (χ4n) is 2.34. The van der Waals surface area contributed by atoms with Crippen molar-refractivity contribution in [2.75, 3.05) is 46.0 Å². The molecular formula is C17H34N4O3. The van der Waals surface area contributed by atoms with Gasteiger partial charge in [-0.05, 0) is 32.6 Å². The SMILES string of the molecule is CCCNC(=O)CCNC(=NCCCOCC1CCCO1)NCC. The molecule has 140 valence electrons. The van der Waals surface area contributed by atoms with Gasteiger partial charge in [0.05, 0.1) is 12.7 Å². The van der Waals surface area contributed by atoms with E-state index in [4.69, 9.17) is 9.47 Å². The Kier molecular flexibility index (Phi) is 12.1. The third kappa shape index (κ3) is 10.4. The second-order valence-electron chi connectivity index (χ2n) is 5.85. The third-order valence-electron chi connectivity index (χ3n) is 3.61. The lowest BCUT2D eigenvalue weighted by molar-refractivity contribution is -0.120. The normalized spacial score (nSPS) is 17.8. The van der Waals surface area contributed by atoms with E-state index in [0.29, 0.717) is 32.7 Å². The summed E-state index contributed by atoms with van der Waals surface area (Å²) in [5, 5.41) is 9.22. The molecule has 0 saturated carbocycles. The highest BCUT2D eigenvalue weighted by molar-refractivity contribution is 5.81. The third-order valence-corrected chi connectivity index (χ3v) is 3.61. The monoisotopic (exact) mass is 342 g/mol. The van der Waals surface area contributed by atoms with Gasteiger partial charge in [0.15, 0.2) is 5.96 Å². The van der Waals surface area contributed by atoms with Crippen LogP contribution in [0.3, 0.4) is 0 Å². The van der Waals surface area contributed by atoms with Gasteiger partial charge in [-0.15, -0.1) is 0 Å². The fourth-order valence-corrected chi connectivity index (χ4v) is 2.34. The summed E-state index contributed by atoms with van der Waals surface area (Å²) < 4.78 is 11.1. The molecule has 1 aliphatic rings. The van der Waals surface area contributed by atoms with Crippen LogP contribution in [-0.2, 0) is 14.3 Å². The molecule has 7 nitrogen and oxygen atoms in total. The van der Waals surface area contributed by atoms with Gasteiger partial charge in [-0.3, -0.25) is 9.79 Å². The van der Waals surface area contributed by atoms with E-state index in [0.717, 1.165) is 51.3 Å². The highest BCUT2D eigenvalue weighted by Crippen LogP contribution is 2.11. The van der Waals surface area contributed by atoms with Crippen molar-refractivity contribution in [2.45, 2.75) is 52.1 Å². The lowest BCUT2D eigenvalue weighted by Gasteiger charge is -2.12. The molecule has 0 spiro atoms. The molecule has 1 amide bonds. The molecule has 0 radical (unpaired) electrons. The zero-order chi connectivity index (χ0) is 17.5. The molecule has 3 N–H and O–H groups in total. The van der Waals surface area contributed by atoms with Crippen LogP contribution in [0, 0.1) is 0 Å². The van der Waals surface area contributed by atoms with Gasteiger partial charge in [0.25, 0.3) is 0 Å². The van der Waals surface area contributed by atoms with Crippen molar-refractivity contribution < 1.29 is 14.3 Å². The Hall–Kier alpha value is -1.34. The minimum atomic E-state index is 0.0720. The van der Waals surface area contributed by atoms with Gasteiger partial charge in [-0.2, -0.15) is 0 Å². The Morgan fingerprint density at radius 2 is 2.12 bits per heavy atom. The number of amides is 1. The summed E-state index contributed by atoms with van der Waals surface area (Å²) in [5.41, 5.74) is 0. The van der Waals surface area contributed by atoms with E-state index in [2.05, 4.69) is 20.9 Å². The number of guanidine groups is 1. The number of carbonyl (C=O) groups is 1. The van der Waals surface area contributed by atoms with Crippen molar-refractivity contribution in [1.29, 1.82) is 0 Å². The van der Waals surface area contributed by atoms with Crippen LogP contribution < -0.4 is 16.0 Å². The molecule has 0 aromatic rings. The first-order valence-corrected chi connectivity index (χ1v) is 9.24. The standard InChI is InChI=1S/C17H34N4O3/c1-3-9-19-16(22)8-11-21-17(18-4-2)20-10-6-12-23-14-15-7-5-13-24-15/h15H,3-14H2,1-2H3,(H,19,22)(H2,18,20,21). The molecule has 1 unspecified atom stereocenters. The number of aliphatic imine (C=N–C) groups is 1. The van der Waals surface area contributed by atoms with Crippen LogP contribution in [0.25, 0.3) is 0 Å². The maximum Gasteiger partial charge on any atom is 0.221 e. The molecule has 1 fully saturated rings. The first-order chi connectivity index (χ1) is 11.8. The van der Waals surface area contributed by atoms with Crippen LogP contribution in [0.1, 0.15) is 46.0 Å². The largest absolute Gasteiger partial charge is 0.379 e. The van der Waals surface area contributed by atoms with Gasteiger partial charge < -0.3 is 25.4 Å². The van der Waals surface area contributed by atoms with Crippen molar-refractivity contribution in [3.8, 4) is 0 Å². The van der Waals surface area contributed by atoms with E-state index in [9.17, 15) is 4.79 Å². The second-order valence-corrected chi connectivity index (χ2v) is 5.85. The van der Waals surface area contributed by atoms with Gasteiger partial charge >= 0.3 is 0 Å². The van der Waals surface area contributed by atoms with Crippen LogP contribution in [-0.4, -0.2) is 64.0 Å². The topological polar surface area (TPSA) is 84.0 Å². The van der Waals surface area contributed by atoms with Crippen LogP contribution in [0.4, 0.5) is 0 Å². The number of rotatable bonds is 12. The van der Waals surface area contributed by atoms with Gasteiger partial charge in [-0.25, -0.2) is 0 Å². The summed E-state index contributed by atoms with van der Waals surface area (Å²) >= 11 is 0. The molecule has 1 aliphatic heterocycles. The van der Waals surface area contributed by atoms with E-state index in [1.807, 2.05) is 13.8 Å². The Bertz CT molecular complexity index is 358. The number of nitrogens with zero attached hydrogens (tertiary/aromatic N) is 1. The summed E-state index contributed by atoms with van der Waals surface area (Å²) in [6.07, 6.45) is 4.82. The molecule has 1 rings (SSSR count). The van der Waals surface area contributed by atoms with Gasteiger partial charge in [-0.1, -0.05) is 6.92 Å².